The maximum atomic E-state index is 11.6. The van der Waals surface area contributed by atoms with E-state index in [1.807, 2.05) is 26.0 Å². The van der Waals surface area contributed by atoms with Crippen LogP contribution in [-0.2, 0) is 4.79 Å². The number of carbonyl (C=O) groups excluding carboxylic acids is 1. The topological polar surface area (TPSA) is 41.5 Å². The summed E-state index contributed by atoms with van der Waals surface area (Å²) < 4.78 is 0. The molecule has 1 aromatic rings. The molecule has 1 N–H and O–H groups in total. The lowest BCUT2D eigenvalue weighted by atomic mass is 9.88. The summed E-state index contributed by atoms with van der Waals surface area (Å²) in [5.41, 5.74) is 7.91. The van der Waals surface area contributed by atoms with Crippen molar-refractivity contribution in [1.29, 1.82) is 0 Å². The molecule has 0 aliphatic carbocycles. The Balaban J connectivity index is 0.000000296. The molecule has 0 fully saturated rings. The van der Waals surface area contributed by atoms with Crippen LogP contribution in [-0.4, -0.2) is 17.5 Å². The molecule has 2 atom stereocenters. The van der Waals surface area contributed by atoms with Gasteiger partial charge >= 0.3 is 0 Å². The van der Waals surface area contributed by atoms with Crippen LogP contribution in [0, 0.1) is 6.92 Å². The summed E-state index contributed by atoms with van der Waals surface area (Å²) in [4.78, 5) is 11.6. The highest BCUT2D eigenvalue weighted by molar-refractivity contribution is 6.03. The average Bonchev–Trinajstić information content (AvgIpc) is 3.14. The number of allylic oxidation sites excluding steroid dienone is 5. The molecular formula is C26H38N2O. The van der Waals surface area contributed by atoms with Crippen molar-refractivity contribution in [2.45, 2.75) is 78.7 Å². The zero-order valence-electron chi connectivity index (χ0n) is 18.9. The number of hydrogen-bond donors (Lipinski definition) is 1. The number of rotatable bonds is 9. The Kier molecular flexibility index (Phi) is 11.6. The monoisotopic (exact) mass is 394 g/mol. The first-order valence-corrected chi connectivity index (χ1v) is 10.8. The molecule has 2 unspecified atom stereocenters. The quantitative estimate of drug-likeness (QED) is 0.476. The van der Waals surface area contributed by atoms with Gasteiger partial charge < -0.3 is 5.43 Å². The van der Waals surface area contributed by atoms with Gasteiger partial charge in [-0.2, -0.15) is 5.10 Å². The highest BCUT2D eigenvalue weighted by Gasteiger charge is 2.15. The first kappa shape index (κ1) is 24.6. The zero-order chi connectivity index (χ0) is 21.6. The highest BCUT2D eigenvalue weighted by Crippen LogP contribution is 2.26. The molecule has 2 rings (SSSR count). The third-order valence-electron chi connectivity index (χ3n) is 4.92. The fourth-order valence-corrected chi connectivity index (χ4v) is 3.38. The van der Waals surface area contributed by atoms with Crippen molar-refractivity contribution in [2.75, 3.05) is 0 Å². The van der Waals surface area contributed by atoms with Crippen LogP contribution < -0.4 is 5.43 Å². The number of nitrogens with zero attached hydrogens (tertiary/aromatic N) is 1. The molecule has 1 heterocycles. The molecule has 0 aromatic heterocycles. The van der Waals surface area contributed by atoms with E-state index in [-0.39, 0.29) is 0 Å². The Morgan fingerprint density at radius 2 is 2.14 bits per heavy atom. The summed E-state index contributed by atoms with van der Waals surface area (Å²) in [5, 5.41) is 4.25. The number of ketones is 1. The van der Waals surface area contributed by atoms with E-state index in [1.54, 1.807) is 6.08 Å². The maximum absolute atomic E-state index is 11.6. The minimum Gasteiger partial charge on any atom is -0.307 e. The van der Waals surface area contributed by atoms with E-state index >= 15 is 0 Å². The SMILES string of the molecule is C=C/C=C(\C=C/C)C1=NNC(C)C1.CCCC(CC(=O)CC)c1cccc(C)c1. The van der Waals surface area contributed by atoms with Crippen LogP contribution in [0.25, 0.3) is 0 Å². The Labute approximate surface area is 177 Å². The number of hydrazone groups is 1. The number of benzene rings is 1. The van der Waals surface area contributed by atoms with E-state index in [0.29, 0.717) is 30.6 Å². The lowest BCUT2D eigenvalue weighted by molar-refractivity contribution is -0.119. The number of carbonyl (C=O) groups is 1. The Morgan fingerprint density at radius 1 is 1.38 bits per heavy atom. The molecule has 0 spiro atoms. The fraction of sp³-hybridized carbons (Fsp3) is 0.462. The maximum Gasteiger partial charge on any atom is 0.133 e. The molecule has 1 aliphatic rings. The van der Waals surface area contributed by atoms with Crippen LogP contribution in [0.4, 0.5) is 0 Å². The van der Waals surface area contributed by atoms with Gasteiger partial charge in [-0.1, -0.05) is 81.0 Å². The van der Waals surface area contributed by atoms with Gasteiger partial charge in [-0.15, -0.1) is 0 Å². The molecule has 29 heavy (non-hydrogen) atoms. The standard InChI is InChI=1S/C15H22O.C11H16N2/c1-4-7-13(11-15(16)5-2)14-9-6-8-12(3)10-14;1-4-6-10(7-5-2)11-8-9(3)12-13-11/h6,8-10,13H,4-5,7,11H2,1-3H3;4-7,9,12H,1,8H2,2-3H3/b;7-5-,10-6+. The third kappa shape index (κ3) is 9.08. The molecule has 1 aromatic carbocycles. The Morgan fingerprint density at radius 3 is 2.66 bits per heavy atom. The van der Waals surface area contributed by atoms with E-state index < -0.39 is 0 Å². The lowest BCUT2D eigenvalue weighted by Crippen LogP contribution is -2.13. The van der Waals surface area contributed by atoms with Crippen LogP contribution in [0.3, 0.4) is 0 Å². The second kappa shape index (κ2) is 13.7. The number of Topliss-reactive ketones (excluding diaryl/α,β-unsaturated/α-hetero) is 1. The number of aryl methyl sites for hydroxylation is 1. The molecule has 0 amide bonds. The van der Waals surface area contributed by atoms with Gasteiger partial charge in [0.1, 0.15) is 5.78 Å². The summed E-state index contributed by atoms with van der Waals surface area (Å²) in [6.07, 6.45) is 12.4. The largest absolute Gasteiger partial charge is 0.307 e. The third-order valence-corrected chi connectivity index (χ3v) is 4.92. The van der Waals surface area contributed by atoms with Gasteiger partial charge in [-0.05, 0) is 44.2 Å². The predicted molar refractivity (Wildman–Crippen MR) is 126 cm³/mol. The van der Waals surface area contributed by atoms with Crippen molar-refractivity contribution in [3.8, 4) is 0 Å². The molecule has 0 saturated heterocycles. The van der Waals surface area contributed by atoms with Crippen molar-refractivity contribution >= 4 is 11.5 Å². The van der Waals surface area contributed by atoms with Crippen LogP contribution in [0.15, 0.2) is 65.8 Å². The Hall–Kier alpha value is -2.42. The van der Waals surface area contributed by atoms with Gasteiger partial charge in [0.05, 0.1) is 5.71 Å². The van der Waals surface area contributed by atoms with E-state index in [0.717, 1.165) is 30.5 Å². The summed E-state index contributed by atoms with van der Waals surface area (Å²) in [7, 11) is 0. The van der Waals surface area contributed by atoms with E-state index in [1.165, 1.54) is 11.1 Å². The first-order valence-electron chi connectivity index (χ1n) is 10.8. The van der Waals surface area contributed by atoms with Crippen molar-refractivity contribution in [3.63, 3.8) is 0 Å². The second-order valence-electron chi connectivity index (χ2n) is 7.65. The molecular weight excluding hydrogens is 356 g/mol. The van der Waals surface area contributed by atoms with Crippen LogP contribution in [0.1, 0.15) is 76.8 Å². The normalized spacial score (nSPS) is 17.2. The second-order valence-corrected chi connectivity index (χ2v) is 7.65. The summed E-state index contributed by atoms with van der Waals surface area (Å²) in [6.45, 7) is 14.0. The smallest absolute Gasteiger partial charge is 0.133 e. The molecule has 0 bridgehead atoms. The van der Waals surface area contributed by atoms with Gasteiger partial charge in [-0.25, -0.2) is 0 Å². The van der Waals surface area contributed by atoms with E-state index in [4.69, 9.17) is 0 Å². The summed E-state index contributed by atoms with van der Waals surface area (Å²) in [5.74, 6) is 0.789. The van der Waals surface area contributed by atoms with Crippen molar-refractivity contribution < 1.29 is 4.79 Å². The number of hydrogen-bond acceptors (Lipinski definition) is 3. The Bertz CT molecular complexity index is 743. The highest BCUT2D eigenvalue weighted by atomic mass is 16.1. The molecule has 158 valence electrons. The van der Waals surface area contributed by atoms with Crippen LogP contribution in [0.2, 0.25) is 0 Å². The van der Waals surface area contributed by atoms with Gasteiger partial charge in [0.2, 0.25) is 0 Å². The molecule has 3 heteroatoms. The minimum atomic E-state index is 0.375. The lowest BCUT2D eigenvalue weighted by Gasteiger charge is -2.16. The molecule has 0 radical (unpaired) electrons. The van der Waals surface area contributed by atoms with Crippen LogP contribution >= 0.6 is 0 Å². The van der Waals surface area contributed by atoms with Gasteiger partial charge in [0, 0.05) is 25.3 Å². The van der Waals surface area contributed by atoms with Crippen molar-refractivity contribution in [3.05, 3.63) is 71.8 Å². The summed E-state index contributed by atoms with van der Waals surface area (Å²) in [6, 6.07) is 9.01. The van der Waals surface area contributed by atoms with E-state index in [2.05, 4.69) is 68.2 Å². The fourth-order valence-electron chi connectivity index (χ4n) is 3.38. The zero-order valence-corrected chi connectivity index (χ0v) is 18.9. The van der Waals surface area contributed by atoms with Crippen LogP contribution in [0.5, 0.6) is 0 Å². The van der Waals surface area contributed by atoms with Gasteiger partial charge in [0.25, 0.3) is 0 Å². The molecule has 1 aliphatic heterocycles. The molecule has 3 nitrogen and oxygen atoms in total. The summed E-state index contributed by atoms with van der Waals surface area (Å²) >= 11 is 0. The average molecular weight is 395 g/mol. The van der Waals surface area contributed by atoms with Crippen molar-refractivity contribution in [1.82, 2.24) is 5.43 Å². The first-order chi connectivity index (χ1) is 13.9. The van der Waals surface area contributed by atoms with Crippen molar-refractivity contribution in [2.24, 2.45) is 5.10 Å². The molecule has 0 saturated carbocycles. The van der Waals surface area contributed by atoms with Gasteiger partial charge in [-0.3, -0.25) is 4.79 Å². The van der Waals surface area contributed by atoms with Gasteiger partial charge in [0.15, 0.2) is 0 Å². The predicted octanol–water partition coefficient (Wildman–Crippen LogP) is 6.66. The minimum absolute atomic E-state index is 0.375. The number of nitrogens with one attached hydrogen (secondary N) is 1. The van der Waals surface area contributed by atoms with E-state index in [9.17, 15) is 4.79 Å².